The number of nitrogens with one attached hydrogen (secondary N) is 1. The molecule has 6 nitrogen and oxygen atoms in total. The van der Waals surface area contributed by atoms with Crippen LogP contribution in [-0.2, 0) is 9.59 Å². The lowest BCUT2D eigenvalue weighted by atomic mass is 9.92. The van der Waals surface area contributed by atoms with Crippen LogP contribution in [0.4, 0.5) is 5.69 Å². The normalized spacial score (nSPS) is 19.5. The average Bonchev–Trinajstić information content (AvgIpc) is 2.84. The second-order valence-electron chi connectivity index (χ2n) is 9.34. The number of anilines is 1. The molecule has 2 heterocycles. The zero-order valence-electron chi connectivity index (χ0n) is 20.1. The maximum absolute atomic E-state index is 12.9. The summed E-state index contributed by atoms with van der Waals surface area (Å²) in [6, 6.07) is 8.06. The zero-order chi connectivity index (χ0) is 22.9. The minimum Gasteiger partial charge on any atom is -0.497 e. The average molecular weight is 444 g/mol. The van der Waals surface area contributed by atoms with E-state index >= 15 is 0 Å². The van der Waals surface area contributed by atoms with Gasteiger partial charge in [0.1, 0.15) is 5.75 Å². The molecule has 2 aliphatic heterocycles. The number of amides is 2. The van der Waals surface area contributed by atoms with Crippen LogP contribution in [-0.4, -0.2) is 60.9 Å². The number of piperidine rings is 2. The number of carbonyl (C=O) groups excluding carboxylic acids is 2. The number of benzene rings is 1. The van der Waals surface area contributed by atoms with Crippen molar-refractivity contribution in [3.8, 4) is 5.75 Å². The molecule has 1 N–H and O–H groups in total. The minimum atomic E-state index is 0.0583. The van der Waals surface area contributed by atoms with Gasteiger partial charge in [-0.2, -0.15) is 0 Å². The predicted octanol–water partition coefficient (Wildman–Crippen LogP) is 4.55. The monoisotopic (exact) mass is 443 g/mol. The molecule has 0 bridgehead atoms. The van der Waals surface area contributed by atoms with E-state index in [2.05, 4.69) is 29.0 Å². The van der Waals surface area contributed by atoms with E-state index in [9.17, 15) is 9.59 Å². The molecule has 1 atom stereocenters. The molecule has 0 spiro atoms. The van der Waals surface area contributed by atoms with Gasteiger partial charge in [0, 0.05) is 42.7 Å². The number of unbranched alkanes of at least 4 members (excludes halogenated alkanes) is 1. The summed E-state index contributed by atoms with van der Waals surface area (Å²) < 4.78 is 5.24. The van der Waals surface area contributed by atoms with E-state index in [1.807, 2.05) is 24.3 Å². The first-order chi connectivity index (χ1) is 15.5. The van der Waals surface area contributed by atoms with Crippen molar-refractivity contribution in [2.24, 2.45) is 11.8 Å². The third-order valence-corrected chi connectivity index (χ3v) is 7.28. The Hall–Kier alpha value is -2.08. The summed E-state index contributed by atoms with van der Waals surface area (Å²) in [6.07, 6.45) is 8.16. The van der Waals surface area contributed by atoms with Crippen molar-refractivity contribution in [3.05, 3.63) is 24.3 Å². The van der Waals surface area contributed by atoms with Gasteiger partial charge in [0.2, 0.25) is 11.8 Å². The van der Waals surface area contributed by atoms with Gasteiger partial charge in [0.05, 0.1) is 7.11 Å². The Morgan fingerprint density at radius 2 is 1.81 bits per heavy atom. The molecule has 2 fully saturated rings. The van der Waals surface area contributed by atoms with Crippen molar-refractivity contribution in [2.75, 3.05) is 38.6 Å². The van der Waals surface area contributed by atoms with E-state index in [0.717, 1.165) is 89.0 Å². The van der Waals surface area contributed by atoms with Crippen LogP contribution in [0.25, 0.3) is 0 Å². The molecule has 1 aromatic rings. The highest BCUT2D eigenvalue weighted by Crippen LogP contribution is 2.27. The summed E-state index contributed by atoms with van der Waals surface area (Å²) in [5, 5.41) is 3.05. The number of likely N-dealkylation sites (tertiary alicyclic amines) is 2. The lowest BCUT2D eigenvalue weighted by Crippen LogP contribution is -2.50. The first-order valence-corrected chi connectivity index (χ1v) is 12.5. The first kappa shape index (κ1) is 24.6. The molecule has 0 aromatic heterocycles. The maximum atomic E-state index is 12.9. The Morgan fingerprint density at radius 1 is 1.09 bits per heavy atom. The highest BCUT2D eigenvalue weighted by Gasteiger charge is 2.32. The SMILES string of the molecule is CCCCC(CC)C(=O)N1CCC(N2CCC(C(=O)Nc3cccc(OC)c3)CC2)CC1. The molecule has 2 aliphatic rings. The van der Waals surface area contributed by atoms with Gasteiger partial charge in [-0.05, 0) is 63.7 Å². The number of hydrogen-bond donors (Lipinski definition) is 1. The number of hydrogen-bond acceptors (Lipinski definition) is 4. The molecule has 0 saturated carbocycles. The Bertz CT molecular complexity index is 738. The molecule has 1 unspecified atom stereocenters. The van der Waals surface area contributed by atoms with Crippen molar-refractivity contribution >= 4 is 17.5 Å². The molecule has 6 heteroatoms. The van der Waals surface area contributed by atoms with Gasteiger partial charge >= 0.3 is 0 Å². The lowest BCUT2D eigenvalue weighted by Gasteiger charge is -2.42. The predicted molar refractivity (Wildman–Crippen MR) is 129 cm³/mol. The number of carbonyl (C=O) groups is 2. The van der Waals surface area contributed by atoms with Gasteiger partial charge in [-0.3, -0.25) is 9.59 Å². The van der Waals surface area contributed by atoms with Gasteiger partial charge < -0.3 is 19.9 Å². The van der Waals surface area contributed by atoms with Gasteiger partial charge in [-0.25, -0.2) is 0 Å². The molecule has 2 amide bonds. The molecular weight excluding hydrogens is 402 g/mol. The van der Waals surface area contributed by atoms with Crippen molar-refractivity contribution in [1.29, 1.82) is 0 Å². The van der Waals surface area contributed by atoms with Crippen molar-refractivity contribution in [1.82, 2.24) is 9.80 Å². The second-order valence-corrected chi connectivity index (χ2v) is 9.34. The summed E-state index contributed by atoms with van der Waals surface area (Å²) in [6.45, 7) is 8.00. The summed E-state index contributed by atoms with van der Waals surface area (Å²) in [4.78, 5) is 30.3. The van der Waals surface area contributed by atoms with Crippen LogP contribution in [0.3, 0.4) is 0 Å². The van der Waals surface area contributed by atoms with Gasteiger partial charge in [-0.1, -0.05) is 32.8 Å². The second kappa shape index (κ2) is 12.2. The topological polar surface area (TPSA) is 61.9 Å². The quantitative estimate of drug-likeness (QED) is 0.608. The number of nitrogens with zero attached hydrogens (tertiary/aromatic N) is 2. The summed E-state index contributed by atoms with van der Waals surface area (Å²) >= 11 is 0. The molecular formula is C26H41N3O3. The van der Waals surface area contributed by atoms with Crippen LogP contribution in [0, 0.1) is 11.8 Å². The van der Waals surface area contributed by atoms with Gasteiger partial charge in [0.15, 0.2) is 0 Å². The molecule has 2 saturated heterocycles. The molecule has 0 aliphatic carbocycles. The standard InChI is InChI=1S/C26H41N3O3/c1-4-6-8-20(5-2)26(31)29-17-13-23(14-18-29)28-15-11-21(12-16-28)25(30)27-22-9-7-10-24(19-22)32-3/h7,9-10,19-21,23H,4-6,8,11-18H2,1-3H3,(H,27,30). The van der Waals surface area contributed by atoms with Crippen LogP contribution in [0.1, 0.15) is 65.2 Å². The Balaban J connectivity index is 1.42. The summed E-state index contributed by atoms with van der Waals surface area (Å²) in [5.41, 5.74) is 0.790. The van der Waals surface area contributed by atoms with E-state index in [1.54, 1.807) is 7.11 Å². The Labute approximate surface area is 193 Å². The van der Waals surface area contributed by atoms with Gasteiger partial charge in [-0.15, -0.1) is 0 Å². The van der Waals surface area contributed by atoms with Crippen LogP contribution >= 0.6 is 0 Å². The van der Waals surface area contributed by atoms with E-state index < -0.39 is 0 Å². The van der Waals surface area contributed by atoms with Crippen LogP contribution in [0.5, 0.6) is 5.75 Å². The smallest absolute Gasteiger partial charge is 0.227 e. The van der Waals surface area contributed by atoms with E-state index in [1.165, 1.54) is 0 Å². The summed E-state index contributed by atoms with van der Waals surface area (Å²) in [7, 11) is 1.63. The van der Waals surface area contributed by atoms with Crippen LogP contribution < -0.4 is 10.1 Å². The largest absolute Gasteiger partial charge is 0.497 e. The number of rotatable bonds is 9. The van der Waals surface area contributed by atoms with E-state index in [-0.39, 0.29) is 17.7 Å². The van der Waals surface area contributed by atoms with E-state index in [0.29, 0.717) is 11.9 Å². The molecule has 32 heavy (non-hydrogen) atoms. The van der Waals surface area contributed by atoms with E-state index in [4.69, 9.17) is 4.74 Å². The number of ether oxygens (including phenoxy) is 1. The van der Waals surface area contributed by atoms with Crippen molar-refractivity contribution < 1.29 is 14.3 Å². The molecule has 3 rings (SSSR count). The Morgan fingerprint density at radius 3 is 2.44 bits per heavy atom. The third-order valence-electron chi connectivity index (χ3n) is 7.28. The highest BCUT2D eigenvalue weighted by molar-refractivity contribution is 5.92. The number of methoxy groups -OCH3 is 1. The fourth-order valence-corrected chi connectivity index (χ4v) is 5.13. The first-order valence-electron chi connectivity index (χ1n) is 12.5. The fraction of sp³-hybridized carbons (Fsp3) is 0.692. The van der Waals surface area contributed by atoms with Crippen molar-refractivity contribution in [2.45, 2.75) is 71.3 Å². The lowest BCUT2D eigenvalue weighted by molar-refractivity contribution is -0.137. The highest BCUT2D eigenvalue weighted by atomic mass is 16.5. The zero-order valence-corrected chi connectivity index (χ0v) is 20.1. The van der Waals surface area contributed by atoms with Crippen molar-refractivity contribution in [3.63, 3.8) is 0 Å². The molecule has 178 valence electrons. The maximum Gasteiger partial charge on any atom is 0.227 e. The van der Waals surface area contributed by atoms with Gasteiger partial charge in [0.25, 0.3) is 0 Å². The third kappa shape index (κ3) is 6.47. The minimum absolute atomic E-state index is 0.0583. The molecule has 0 radical (unpaired) electrons. The fourth-order valence-electron chi connectivity index (χ4n) is 5.13. The van der Waals surface area contributed by atoms with Crippen LogP contribution in [0.15, 0.2) is 24.3 Å². The Kier molecular flexibility index (Phi) is 9.39. The van der Waals surface area contributed by atoms with Crippen LogP contribution in [0.2, 0.25) is 0 Å². The molecule has 1 aromatic carbocycles. The summed E-state index contributed by atoms with van der Waals surface area (Å²) in [5.74, 6) is 1.48.